The molecule has 8 nitrogen and oxygen atoms in total. The summed E-state index contributed by atoms with van der Waals surface area (Å²) in [6.45, 7) is 11.5. The van der Waals surface area contributed by atoms with Crippen molar-refractivity contribution >= 4 is 35.8 Å². The topological polar surface area (TPSA) is 86.0 Å². The number of guanidine groups is 1. The lowest BCUT2D eigenvalue weighted by Gasteiger charge is -2.34. The highest BCUT2D eigenvalue weighted by Crippen LogP contribution is 2.13. The molecule has 0 saturated carbocycles. The number of hydrogen-bond acceptors (Lipinski definition) is 5. The summed E-state index contributed by atoms with van der Waals surface area (Å²) in [4.78, 5) is 19.8. The molecule has 9 heteroatoms. The van der Waals surface area contributed by atoms with Crippen LogP contribution in [0.4, 0.5) is 0 Å². The molecule has 1 aromatic rings. The van der Waals surface area contributed by atoms with Crippen molar-refractivity contribution in [3.8, 4) is 0 Å². The Balaban J connectivity index is 0.00000338. The average Bonchev–Trinajstić information content (AvgIpc) is 3.07. The number of aromatic nitrogens is 1. The SMILES string of the molecule is CN=C(NCCN1CCN(C(C)=O)CC1)NCc1cc(C(C)C)no1.I. The molecule has 0 bridgehead atoms. The minimum absolute atomic E-state index is 0. The number of amides is 1. The van der Waals surface area contributed by atoms with Gasteiger partial charge in [0.25, 0.3) is 0 Å². The molecular weight excluding hydrogens is 447 g/mol. The van der Waals surface area contributed by atoms with E-state index < -0.39 is 0 Å². The molecule has 1 saturated heterocycles. The zero-order valence-corrected chi connectivity index (χ0v) is 18.4. The second kappa shape index (κ2) is 11.4. The van der Waals surface area contributed by atoms with Gasteiger partial charge in [-0.1, -0.05) is 19.0 Å². The van der Waals surface area contributed by atoms with Crippen molar-refractivity contribution in [2.45, 2.75) is 33.2 Å². The van der Waals surface area contributed by atoms with Crippen LogP contribution in [0.2, 0.25) is 0 Å². The molecule has 1 aliphatic heterocycles. The number of nitrogens with one attached hydrogen (secondary N) is 2. The third kappa shape index (κ3) is 7.10. The van der Waals surface area contributed by atoms with Gasteiger partial charge < -0.3 is 20.1 Å². The van der Waals surface area contributed by atoms with E-state index in [0.29, 0.717) is 12.5 Å². The van der Waals surface area contributed by atoms with Crippen molar-refractivity contribution < 1.29 is 9.32 Å². The maximum Gasteiger partial charge on any atom is 0.219 e. The fraction of sp³-hybridized carbons (Fsp3) is 0.706. The molecule has 1 amide bonds. The predicted molar refractivity (Wildman–Crippen MR) is 113 cm³/mol. The lowest BCUT2D eigenvalue weighted by Crippen LogP contribution is -2.50. The van der Waals surface area contributed by atoms with Crippen molar-refractivity contribution in [1.82, 2.24) is 25.6 Å². The summed E-state index contributed by atoms with van der Waals surface area (Å²) >= 11 is 0. The van der Waals surface area contributed by atoms with Crippen LogP contribution in [-0.2, 0) is 11.3 Å². The van der Waals surface area contributed by atoms with Crippen LogP contribution >= 0.6 is 24.0 Å². The van der Waals surface area contributed by atoms with Crippen LogP contribution in [0.25, 0.3) is 0 Å². The van der Waals surface area contributed by atoms with Crippen LogP contribution < -0.4 is 10.6 Å². The summed E-state index contributed by atoms with van der Waals surface area (Å²) in [5.74, 6) is 2.06. The maximum atomic E-state index is 11.3. The van der Waals surface area contributed by atoms with E-state index in [2.05, 4.69) is 39.5 Å². The average molecular weight is 478 g/mol. The Hall–Kier alpha value is -1.36. The van der Waals surface area contributed by atoms with E-state index in [1.807, 2.05) is 11.0 Å². The van der Waals surface area contributed by atoms with E-state index in [-0.39, 0.29) is 29.9 Å². The van der Waals surface area contributed by atoms with Crippen molar-refractivity contribution in [1.29, 1.82) is 0 Å². The van der Waals surface area contributed by atoms with Crippen LogP contribution in [0.3, 0.4) is 0 Å². The van der Waals surface area contributed by atoms with Crippen LogP contribution in [-0.4, -0.2) is 73.1 Å². The molecule has 0 aromatic carbocycles. The molecule has 1 aromatic heterocycles. The highest BCUT2D eigenvalue weighted by atomic mass is 127. The molecule has 0 aliphatic carbocycles. The first-order valence-corrected chi connectivity index (χ1v) is 8.87. The number of nitrogens with zero attached hydrogens (tertiary/aromatic N) is 4. The van der Waals surface area contributed by atoms with Crippen LogP contribution in [0.1, 0.15) is 38.1 Å². The van der Waals surface area contributed by atoms with Gasteiger partial charge in [-0.25, -0.2) is 0 Å². The van der Waals surface area contributed by atoms with Crippen molar-refractivity contribution in [2.75, 3.05) is 46.3 Å². The Morgan fingerprint density at radius 1 is 1.31 bits per heavy atom. The minimum atomic E-state index is 0. The second-order valence-electron chi connectivity index (χ2n) is 6.57. The van der Waals surface area contributed by atoms with Gasteiger partial charge in [0.2, 0.25) is 5.91 Å². The smallest absolute Gasteiger partial charge is 0.219 e. The fourth-order valence-electron chi connectivity index (χ4n) is 2.69. The summed E-state index contributed by atoms with van der Waals surface area (Å²) in [6, 6.07) is 1.97. The van der Waals surface area contributed by atoms with Gasteiger partial charge in [0, 0.05) is 59.3 Å². The Kier molecular flexibility index (Phi) is 9.92. The van der Waals surface area contributed by atoms with Gasteiger partial charge in [-0.3, -0.25) is 14.7 Å². The third-order valence-electron chi connectivity index (χ3n) is 4.36. The zero-order chi connectivity index (χ0) is 18.2. The van der Waals surface area contributed by atoms with Crippen LogP contribution in [0.15, 0.2) is 15.6 Å². The highest BCUT2D eigenvalue weighted by molar-refractivity contribution is 14.0. The molecule has 2 heterocycles. The summed E-state index contributed by atoms with van der Waals surface area (Å²) in [6.07, 6.45) is 0. The lowest BCUT2D eigenvalue weighted by atomic mass is 10.1. The predicted octanol–water partition coefficient (Wildman–Crippen LogP) is 1.25. The van der Waals surface area contributed by atoms with E-state index >= 15 is 0 Å². The molecule has 148 valence electrons. The van der Waals surface area contributed by atoms with Gasteiger partial charge in [-0.15, -0.1) is 24.0 Å². The Morgan fingerprint density at radius 3 is 2.54 bits per heavy atom. The molecular formula is C17H31IN6O2. The number of rotatable bonds is 6. The standard InChI is InChI=1S/C17H30N6O2.HI/c1-13(2)16-11-15(25-21-16)12-20-17(18-4)19-5-6-22-7-9-23(10-8-22)14(3)24;/h11,13H,5-10,12H2,1-4H3,(H2,18,19,20);1H. The number of hydrogen-bond donors (Lipinski definition) is 2. The first-order valence-electron chi connectivity index (χ1n) is 8.87. The van der Waals surface area contributed by atoms with Gasteiger partial charge in [0.1, 0.15) is 0 Å². The summed E-state index contributed by atoms with van der Waals surface area (Å²) in [5, 5.41) is 10.6. The van der Waals surface area contributed by atoms with Crippen molar-refractivity contribution in [3.63, 3.8) is 0 Å². The summed E-state index contributed by atoms with van der Waals surface area (Å²) in [5.41, 5.74) is 0.962. The Labute approximate surface area is 172 Å². The Morgan fingerprint density at radius 2 is 2.00 bits per heavy atom. The molecule has 26 heavy (non-hydrogen) atoms. The van der Waals surface area contributed by atoms with Crippen molar-refractivity contribution in [2.24, 2.45) is 4.99 Å². The number of carbonyl (C=O) groups excluding carboxylic acids is 1. The molecule has 0 atom stereocenters. The van der Waals surface area contributed by atoms with Crippen molar-refractivity contribution in [3.05, 3.63) is 17.5 Å². The molecule has 1 aliphatic rings. The van der Waals surface area contributed by atoms with E-state index in [1.165, 1.54) is 0 Å². The van der Waals surface area contributed by atoms with Gasteiger partial charge >= 0.3 is 0 Å². The third-order valence-corrected chi connectivity index (χ3v) is 4.36. The zero-order valence-electron chi connectivity index (χ0n) is 16.1. The molecule has 0 unspecified atom stereocenters. The summed E-state index contributed by atoms with van der Waals surface area (Å²) < 4.78 is 5.31. The quantitative estimate of drug-likeness (QED) is 0.364. The highest BCUT2D eigenvalue weighted by Gasteiger charge is 2.18. The largest absolute Gasteiger partial charge is 0.359 e. The van der Waals surface area contributed by atoms with E-state index in [9.17, 15) is 4.79 Å². The normalized spacial score (nSPS) is 15.7. The lowest BCUT2D eigenvalue weighted by molar-refractivity contribution is -0.130. The molecule has 0 spiro atoms. The van der Waals surface area contributed by atoms with E-state index in [1.54, 1.807) is 14.0 Å². The van der Waals surface area contributed by atoms with E-state index in [0.717, 1.165) is 56.7 Å². The number of halogens is 1. The maximum absolute atomic E-state index is 11.3. The molecule has 1 fully saturated rings. The molecule has 2 rings (SSSR count). The van der Waals surface area contributed by atoms with Crippen LogP contribution in [0, 0.1) is 0 Å². The Bertz CT molecular complexity index is 582. The second-order valence-corrected chi connectivity index (χ2v) is 6.57. The van der Waals surface area contributed by atoms with E-state index in [4.69, 9.17) is 4.52 Å². The molecule has 0 radical (unpaired) electrons. The fourth-order valence-corrected chi connectivity index (χ4v) is 2.69. The van der Waals surface area contributed by atoms with Gasteiger partial charge in [-0.2, -0.15) is 0 Å². The number of aliphatic imine (C=N–C) groups is 1. The monoisotopic (exact) mass is 478 g/mol. The number of carbonyl (C=O) groups is 1. The van der Waals surface area contributed by atoms with Gasteiger partial charge in [0.05, 0.1) is 12.2 Å². The van der Waals surface area contributed by atoms with Gasteiger partial charge in [0.15, 0.2) is 11.7 Å². The summed E-state index contributed by atoms with van der Waals surface area (Å²) in [7, 11) is 1.75. The van der Waals surface area contributed by atoms with Crippen LogP contribution in [0.5, 0.6) is 0 Å². The first-order chi connectivity index (χ1) is 12.0. The van der Waals surface area contributed by atoms with Gasteiger partial charge in [-0.05, 0) is 5.92 Å². The number of piperazine rings is 1. The molecule has 2 N–H and O–H groups in total. The first kappa shape index (κ1) is 22.7. The minimum Gasteiger partial charge on any atom is -0.359 e.